The first-order valence-electron chi connectivity index (χ1n) is 6.55. The number of fused-ring (bicyclic) bond motifs is 3. The van der Waals surface area contributed by atoms with Gasteiger partial charge >= 0.3 is 0 Å². The molecule has 0 aliphatic carbocycles. The van der Waals surface area contributed by atoms with Crippen LogP contribution in [0.1, 0.15) is 21.4 Å². The van der Waals surface area contributed by atoms with E-state index in [0.717, 1.165) is 25.3 Å². The molecule has 2 aromatic rings. The van der Waals surface area contributed by atoms with Gasteiger partial charge in [0.1, 0.15) is 5.69 Å². The first kappa shape index (κ1) is 11.3. The average Bonchev–Trinajstić information content (AvgIpc) is 3.12. The summed E-state index contributed by atoms with van der Waals surface area (Å²) < 4.78 is 2.14. The Morgan fingerprint density at radius 3 is 3.00 bits per heavy atom. The van der Waals surface area contributed by atoms with Crippen LogP contribution >= 0.6 is 11.3 Å². The number of thiophene rings is 1. The van der Waals surface area contributed by atoms with Crippen molar-refractivity contribution < 1.29 is 4.79 Å². The Bertz CT molecular complexity index is 604. The summed E-state index contributed by atoms with van der Waals surface area (Å²) in [7, 11) is 0. The van der Waals surface area contributed by atoms with Crippen molar-refractivity contribution in [3.8, 4) is 0 Å². The van der Waals surface area contributed by atoms with Gasteiger partial charge in [0.25, 0.3) is 5.91 Å². The number of aromatic nitrogens is 1. The standard InChI is InChI=1S/C14H15N3OS/c18-14-11-4-1-5-16(11)12-7-15-8-13(12)17(14)9-10-3-2-6-19-10/h1-6,12-13,15H,7-9H2/t12-,13-/m1/s1. The lowest BCUT2D eigenvalue weighted by Gasteiger charge is -2.38. The van der Waals surface area contributed by atoms with Crippen LogP contribution in [0.15, 0.2) is 35.8 Å². The molecular formula is C14H15N3OS. The van der Waals surface area contributed by atoms with E-state index in [1.807, 2.05) is 29.3 Å². The molecule has 0 radical (unpaired) electrons. The van der Waals surface area contributed by atoms with E-state index in [9.17, 15) is 4.79 Å². The maximum absolute atomic E-state index is 12.6. The monoisotopic (exact) mass is 273 g/mol. The van der Waals surface area contributed by atoms with Crippen molar-refractivity contribution in [2.75, 3.05) is 13.1 Å². The molecule has 4 rings (SSSR count). The SMILES string of the molecule is O=C1c2cccn2[C@@H]2CNC[C@H]2N1Cc1cccs1. The predicted octanol–water partition coefficient (Wildman–Crippen LogP) is 1.72. The van der Waals surface area contributed by atoms with Crippen LogP contribution in [0, 0.1) is 0 Å². The van der Waals surface area contributed by atoms with E-state index < -0.39 is 0 Å². The van der Waals surface area contributed by atoms with Crippen LogP contribution in [0.5, 0.6) is 0 Å². The van der Waals surface area contributed by atoms with E-state index in [1.165, 1.54) is 4.88 Å². The van der Waals surface area contributed by atoms with Crippen LogP contribution in [-0.4, -0.2) is 34.5 Å². The third-order valence-electron chi connectivity index (χ3n) is 4.07. The topological polar surface area (TPSA) is 37.3 Å². The van der Waals surface area contributed by atoms with E-state index in [-0.39, 0.29) is 11.9 Å². The molecule has 4 heterocycles. The predicted molar refractivity (Wildman–Crippen MR) is 74.3 cm³/mol. The summed E-state index contributed by atoms with van der Waals surface area (Å²) in [6.07, 6.45) is 2.03. The van der Waals surface area contributed by atoms with E-state index >= 15 is 0 Å². The maximum atomic E-state index is 12.6. The molecule has 98 valence electrons. The number of nitrogens with one attached hydrogen (secondary N) is 1. The summed E-state index contributed by atoms with van der Waals surface area (Å²) in [4.78, 5) is 15.9. The van der Waals surface area contributed by atoms with Crippen molar-refractivity contribution >= 4 is 17.2 Å². The molecule has 1 saturated heterocycles. The molecule has 1 amide bonds. The average molecular weight is 273 g/mol. The van der Waals surface area contributed by atoms with Crippen LogP contribution in [0.3, 0.4) is 0 Å². The molecule has 4 nitrogen and oxygen atoms in total. The van der Waals surface area contributed by atoms with E-state index in [2.05, 4.69) is 21.3 Å². The molecular weight excluding hydrogens is 258 g/mol. The zero-order valence-corrected chi connectivity index (χ0v) is 11.3. The Morgan fingerprint density at radius 2 is 2.16 bits per heavy atom. The second-order valence-electron chi connectivity index (χ2n) is 5.11. The molecule has 2 aliphatic heterocycles. The number of carbonyl (C=O) groups excluding carboxylic acids is 1. The summed E-state index contributed by atoms with van der Waals surface area (Å²) in [5.41, 5.74) is 0.821. The normalized spacial score (nSPS) is 25.5. The smallest absolute Gasteiger partial charge is 0.271 e. The Kier molecular flexibility index (Phi) is 2.50. The summed E-state index contributed by atoms with van der Waals surface area (Å²) in [6.45, 7) is 2.56. The highest BCUT2D eigenvalue weighted by molar-refractivity contribution is 7.09. The number of carbonyl (C=O) groups is 1. The van der Waals surface area contributed by atoms with Gasteiger partial charge in [-0.25, -0.2) is 0 Å². The van der Waals surface area contributed by atoms with Gasteiger partial charge in [0.05, 0.1) is 18.6 Å². The molecule has 0 bridgehead atoms. The van der Waals surface area contributed by atoms with Crippen LogP contribution in [0.2, 0.25) is 0 Å². The number of hydrogen-bond donors (Lipinski definition) is 1. The molecule has 2 aliphatic rings. The summed E-state index contributed by atoms with van der Waals surface area (Å²) in [5, 5.41) is 5.48. The maximum Gasteiger partial charge on any atom is 0.271 e. The highest BCUT2D eigenvalue weighted by atomic mass is 32.1. The fourth-order valence-corrected chi connectivity index (χ4v) is 3.88. The number of rotatable bonds is 2. The molecule has 19 heavy (non-hydrogen) atoms. The Hall–Kier alpha value is -1.59. The lowest BCUT2D eigenvalue weighted by Crippen LogP contribution is -2.49. The molecule has 0 saturated carbocycles. The van der Waals surface area contributed by atoms with Crippen molar-refractivity contribution in [2.24, 2.45) is 0 Å². The number of nitrogens with zero attached hydrogens (tertiary/aromatic N) is 2. The summed E-state index contributed by atoms with van der Waals surface area (Å²) in [5.74, 6) is 0.156. The molecule has 0 aromatic carbocycles. The summed E-state index contributed by atoms with van der Waals surface area (Å²) in [6, 6.07) is 8.69. The van der Waals surface area contributed by atoms with Crippen molar-refractivity contribution in [2.45, 2.75) is 18.6 Å². The van der Waals surface area contributed by atoms with Crippen molar-refractivity contribution in [1.82, 2.24) is 14.8 Å². The van der Waals surface area contributed by atoms with E-state index in [4.69, 9.17) is 0 Å². The van der Waals surface area contributed by atoms with Crippen molar-refractivity contribution in [3.63, 3.8) is 0 Å². The molecule has 1 fully saturated rings. The lowest BCUT2D eigenvalue weighted by molar-refractivity contribution is 0.0564. The minimum Gasteiger partial charge on any atom is -0.337 e. The van der Waals surface area contributed by atoms with Gasteiger partial charge in [0.2, 0.25) is 0 Å². The molecule has 2 atom stereocenters. The number of hydrogen-bond acceptors (Lipinski definition) is 3. The Balaban J connectivity index is 1.73. The van der Waals surface area contributed by atoms with Gasteiger partial charge in [-0.3, -0.25) is 4.79 Å². The third-order valence-corrected chi connectivity index (χ3v) is 4.94. The summed E-state index contributed by atoms with van der Waals surface area (Å²) >= 11 is 1.72. The second-order valence-corrected chi connectivity index (χ2v) is 6.14. The second kappa shape index (κ2) is 4.21. The van der Waals surface area contributed by atoms with Gasteiger partial charge in [-0.1, -0.05) is 6.07 Å². The third kappa shape index (κ3) is 1.65. The van der Waals surface area contributed by atoms with Gasteiger partial charge in [-0.2, -0.15) is 0 Å². The van der Waals surface area contributed by atoms with Crippen LogP contribution < -0.4 is 5.32 Å². The fourth-order valence-electron chi connectivity index (χ4n) is 3.17. The highest BCUT2D eigenvalue weighted by Crippen LogP contribution is 2.31. The molecule has 0 unspecified atom stereocenters. The van der Waals surface area contributed by atoms with Crippen molar-refractivity contribution in [1.29, 1.82) is 0 Å². The van der Waals surface area contributed by atoms with Crippen LogP contribution in [0.4, 0.5) is 0 Å². The quantitative estimate of drug-likeness (QED) is 0.904. The molecule has 1 N–H and O–H groups in total. The largest absolute Gasteiger partial charge is 0.337 e. The fraction of sp³-hybridized carbons (Fsp3) is 0.357. The Morgan fingerprint density at radius 1 is 1.26 bits per heavy atom. The van der Waals surface area contributed by atoms with Crippen LogP contribution in [0.25, 0.3) is 0 Å². The zero-order chi connectivity index (χ0) is 12.8. The zero-order valence-electron chi connectivity index (χ0n) is 10.5. The van der Waals surface area contributed by atoms with E-state index in [0.29, 0.717) is 6.04 Å². The number of amides is 1. The van der Waals surface area contributed by atoms with Gasteiger partial charge < -0.3 is 14.8 Å². The lowest BCUT2D eigenvalue weighted by atomic mass is 10.1. The van der Waals surface area contributed by atoms with Crippen LogP contribution in [-0.2, 0) is 6.54 Å². The Labute approximate surface area is 115 Å². The molecule has 0 spiro atoms. The van der Waals surface area contributed by atoms with E-state index in [1.54, 1.807) is 11.3 Å². The molecule has 2 aromatic heterocycles. The first-order chi connectivity index (χ1) is 9.34. The minimum atomic E-state index is 0.156. The van der Waals surface area contributed by atoms with Gasteiger partial charge in [-0.05, 0) is 23.6 Å². The van der Waals surface area contributed by atoms with Crippen molar-refractivity contribution in [3.05, 3.63) is 46.4 Å². The first-order valence-corrected chi connectivity index (χ1v) is 7.43. The van der Waals surface area contributed by atoms with Gasteiger partial charge in [-0.15, -0.1) is 11.3 Å². The van der Waals surface area contributed by atoms with Gasteiger partial charge in [0.15, 0.2) is 0 Å². The highest BCUT2D eigenvalue weighted by Gasteiger charge is 2.41. The minimum absolute atomic E-state index is 0.156. The molecule has 5 heteroatoms. The van der Waals surface area contributed by atoms with Gasteiger partial charge in [0, 0.05) is 24.2 Å².